The summed E-state index contributed by atoms with van der Waals surface area (Å²) in [6.45, 7) is 7.19. The van der Waals surface area contributed by atoms with Gasteiger partial charge in [0.1, 0.15) is 11.6 Å². The summed E-state index contributed by atoms with van der Waals surface area (Å²) in [7, 11) is 0. The van der Waals surface area contributed by atoms with Gasteiger partial charge < -0.3 is 19.5 Å². The lowest BCUT2D eigenvalue weighted by Gasteiger charge is -2.20. The second-order valence-electron chi connectivity index (χ2n) is 8.46. The van der Waals surface area contributed by atoms with Crippen molar-refractivity contribution in [2.45, 2.75) is 27.3 Å². The van der Waals surface area contributed by atoms with Gasteiger partial charge in [-0.3, -0.25) is 4.79 Å². The minimum absolute atomic E-state index is 0.137. The average Bonchev–Trinajstić information content (AvgIpc) is 3.23. The Balaban J connectivity index is 1.75. The van der Waals surface area contributed by atoms with Crippen LogP contribution in [-0.4, -0.2) is 34.6 Å². The van der Waals surface area contributed by atoms with Crippen molar-refractivity contribution < 1.29 is 23.1 Å². The second kappa shape index (κ2) is 10.6. The maximum absolute atomic E-state index is 13.7. The summed E-state index contributed by atoms with van der Waals surface area (Å²) in [6, 6.07) is 16.0. The van der Waals surface area contributed by atoms with E-state index in [0.29, 0.717) is 31.1 Å². The Hall–Kier alpha value is -4.20. The number of fused-ring (bicyclic) bond motifs is 1. The zero-order valence-corrected chi connectivity index (χ0v) is 20.3. The molecule has 8 heteroatoms. The summed E-state index contributed by atoms with van der Waals surface area (Å²) in [5, 5.41) is 3.33. The van der Waals surface area contributed by atoms with Crippen LogP contribution in [0.2, 0.25) is 0 Å². The molecule has 0 spiro atoms. The molecule has 36 heavy (non-hydrogen) atoms. The largest absolute Gasteiger partial charge is 0.415 e. The van der Waals surface area contributed by atoms with Gasteiger partial charge in [-0.15, -0.1) is 0 Å². The first kappa shape index (κ1) is 24.9. The van der Waals surface area contributed by atoms with E-state index in [1.807, 2.05) is 61.9 Å². The molecule has 3 aromatic carbocycles. The van der Waals surface area contributed by atoms with Crippen LogP contribution in [-0.2, 0) is 6.54 Å². The summed E-state index contributed by atoms with van der Waals surface area (Å²) in [5.41, 5.74) is 3.09. The van der Waals surface area contributed by atoms with Crippen LogP contribution in [0.5, 0.6) is 5.75 Å². The average molecular weight is 492 g/mol. The van der Waals surface area contributed by atoms with E-state index in [1.165, 1.54) is 4.90 Å². The summed E-state index contributed by atoms with van der Waals surface area (Å²) >= 11 is 0. The molecule has 0 atom stereocenters. The van der Waals surface area contributed by atoms with Crippen LogP contribution in [0.3, 0.4) is 0 Å². The van der Waals surface area contributed by atoms with E-state index in [-0.39, 0.29) is 17.0 Å². The number of rotatable bonds is 7. The van der Waals surface area contributed by atoms with Crippen molar-refractivity contribution in [3.8, 4) is 5.75 Å². The van der Waals surface area contributed by atoms with Crippen LogP contribution in [0.25, 0.3) is 10.9 Å². The third-order valence-corrected chi connectivity index (χ3v) is 5.93. The summed E-state index contributed by atoms with van der Waals surface area (Å²) < 4.78 is 35.1. The first-order valence-electron chi connectivity index (χ1n) is 11.7. The van der Waals surface area contributed by atoms with Crippen molar-refractivity contribution in [2.24, 2.45) is 0 Å². The highest BCUT2D eigenvalue weighted by molar-refractivity contribution is 6.10. The van der Waals surface area contributed by atoms with Crippen LogP contribution < -0.4 is 10.1 Å². The van der Waals surface area contributed by atoms with Gasteiger partial charge >= 0.3 is 6.09 Å². The number of benzene rings is 3. The molecule has 0 aliphatic carbocycles. The molecule has 4 rings (SSSR count). The predicted octanol–water partition coefficient (Wildman–Crippen LogP) is 6.37. The van der Waals surface area contributed by atoms with Gasteiger partial charge in [-0.1, -0.05) is 29.8 Å². The fourth-order valence-corrected chi connectivity index (χ4v) is 4.12. The topological polar surface area (TPSA) is 63.6 Å². The second-order valence-corrected chi connectivity index (χ2v) is 8.46. The normalized spacial score (nSPS) is 10.9. The van der Waals surface area contributed by atoms with Gasteiger partial charge in [-0.05, 0) is 56.7 Å². The lowest BCUT2D eigenvalue weighted by Crippen LogP contribution is -2.33. The molecule has 6 nitrogen and oxygen atoms in total. The number of carbonyl (C=O) groups is 2. The summed E-state index contributed by atoms with van der Waals surface area (Å²) in [6.07, 6.45) is 1.31. The van der Waals surface area contributed by atoms with Crippen molar-refractivity contribution in [2.75, 3.05) is 18.4 Å². The molecule has 0 saturated carbocycles. The van der Waals surface area contributed by atoms with E-state index in [4.69, 9.17) is 4.74 Å². The maximum atomic E-state index is 13.7. The summed E-state index contributed by atoms with van der Waals surface area (Å²) in [4.78, 5) is 27.2. The summed E-state index contributed by atoms with van der Waals surface area (Å²) in [5.74, 6) is -2.32. The SMILES string of the molecule is CCN(CC)C(=O)Oc1ccc2c(ccn2Cc2cccc(C)c2)c1NC(=O)c1cc(F)cc(F)c1. The number of aromatic nitrogens is 1. The Morgan fingerprint density at radius 3 is 2.36 bits per heavy atom. The molecule has 0 fully saturated rings. The number of anilines is 1. The Morgan fingerprint density at radius 2 is 1.69 bits per heavy atom. The van der Waals surface area contributed by atoms with E-state index in [1.54, 1.807) is 6.07 Å². The molecule has 2 amide bonds. The van der Waals surface area contributed by atoms with Crippen molar-refractivity contribution in [1.82, 2.24) is 9.47 Å². The molecule has 0 radical (unpaired) electrons. The minimum atomic E-state index is -0.865. The van der Waals surface area contributed by atoms with Gasteiger partial charge in [0.05, 0.1) is 11.2 Å². The highest BCUT2D eigenvalue weighted by atomic mass is 19.1. The number of hydrogen-bond acceptors (Lipinski definition) is 3. The van der Waals surface area contributed by atoms with Crippen LogP contribution in [0.15, 0.2) is 66.9 Å². The number of halogens is 2. The Kier molecular flexibility index (Phi) is 7.33. The molecule has 0 aliphatic rings. The van der Waals surface area contributed by atoms with Crippen LogP contribution in [0, 0.1) is 18.6 Å². The molecule has 1 heterocycles. The molecule has 1 N–H and O–H groups in total. The maximum Gasteiger partial charge on any atom is 0.415 e. The third-order valence-electron chi connectivity index (χ3n) is 5.93. The molecule has 1 aromatic heterocycles. The third kappa shape index (κ3) is 5.38. The fourth-order valence-electron chi connectivity index (χ4n) is 4.12. The molecule has 186 valence electrons. The van der Waals surface area contributed by atoms with Gasteiger partial charge in [-0.2, -0.15) is 0 Å². The Morgan fingerprint density at radius 1 is 0.972 bits per heavy atom. The van der Waals surface area contributed by atoms with Crippen LogP contribution >= 0.6 is 0 Å². The molecular weight excluding hydrogens is 464 g/mol. The zero-order valence-electron chi connectivity index (χ0n) is 20.3. The van der Waals surface area contributed by atoms with Gasteiger partial charge in [0.25, 0.3) is 5.91 Å². The monoisotopic (exact) mass is 491 g/mol. The van der Waals surface area contributed by atoms with Gasteiger partial charge in [0, 0.05) is 42.8 Å². The Labute approximate surface area is 208 Å². The quantitative estimate of drug-likeness (QED) is 0.327. The van der Waals surface area contributed by atoms with Gasteiger partial charge in [0.2, 0.25) is 0 Å². The van der Waals surface area contributed by atoms with Gasteiger partial charge in [0.15, 0.2) is 5.75 Å². The van der Waals surface area contributed by atoms with Crippen molar-refractivity contribution in [1.29, 1.82) is 0 Å². The van der Waals surface area contributed by atoms with Gasteiger partial charge in [-0.25, -0.2) is 13.6 Å². The van der Waals surface area contributed by atoms with Crippen LogP contribution in [0.4, 0.5) is 19.3 Å². The first-order chi connectivity index (χ1) is 17.3. The van der Waals surface area contributed by atoms with E-state index < -0.39 is 23.6 Å². The predicted molar refractivity (Wildman–Crippen MR) is 135 cm³/mol. The number of carbonyl (C=O) groups excluding carboxylic acids is 2. The molecule has 0 aliphatic heterocycles. The highest BCUT2D eigenvalue weighted by Crippen LogP contribution is 2.35. The molecule has 0 unspecified atom stereocenters. The number of nitrogens with one attached hydrogen (secondary N) is 1. The number of amides is 2. The lowest BCUT2D eigenvalue weighted by molar-refractivity contribution is 0.102. The van der Waals surface area contributed by atoms with Crippen molar-refractivity contribution >= 4 is 28.6 Å². The molecule has 4 aromatic rings. The van der Waals surface area contributed by atoms with Crippen LogP contribution in [0.1, 0.15) is 35.3 Å². The Bertz CT molecular complexity index is 1410. The zero-order chi connectivity index (χ0) is 25.8. The van der Waals surface area contributed by atoms with Crippen molar-refractivity contribution in [3.05, 3.63) is 95.2 Å². The van der Waals surface area contributed by atoms with E-state index >= 15 is 0 Å². The molecule has 0 bridgehead atoms. The first-order valence-corrected chi connectivity index (χ1v) is 11.7. The van der Waals surface area contributed by atoms with E-state index in [9.17, 15) is 18.4 Å². The highest BCUT2D eigenvalue weighted by Gasteiger charge is 2.20. The number of nitrogens with zero attached hydrogens (tertiary/aromatic N) is 2. The number of aryl methyl sites for hydroxylation is 1. The minimum Gasteiger partial charge on any atom is -0.408 e. The number of hydrogen-bond donors (Lipinski definition) is 1. The van der Waals surface area contributed by atoms with E-state index in [0.717, 1.165) is 28.8 Å². The molecule has 0 saturated heterocycles. The number of ether oxygens (including phenoxy) is 1. The molecular formula is C28H27F2N3O3. The lowest BCUT2D eigenvalue weighted by atomic mass is 10.1. The smallest absolute Gasteiger partial charge is 0.408 e. The standard InChI is InChI=1S/C28H27F2N3O3/c1-4-32(5-2)28(35)36-25-10-9-24-23(11-12-33(24)17-19-8-6-7-18(3)13-19)26(25)31-27(34)20-14-21(29)16-22(30)15-20/h6-16H,4-5,17H2,1-3H3,(H,31,34). The van der Waals surface area contributed by atoms with Crippen molar-refractivity contribution in [3.63, 3.8) is 0 Å². The van der Waals surface area contributed by atoms with E-state index in [2.05, 4.69) is 11.4 Å². The fraction of sp³-hybridized carbons (Fsp3) is 0.214.